The van der Waals surface area contributed by atoms with Crippen molar-refractivity contribution in [3.63, 3.8) is 0 Å². The first-order valence-corrected chi connectivity index (χ1v) is 10.4. The van der Waals surface area contributed by atoms with E-state index in [-0.39, 0.29) is 0 Å². The van der Waals surface area contributed by atoms with E-state index in [1.165, 1.54) is 5.56 Å². The molecule has 0 saturated carbocycles. The zero-order valence-electron chi connectivity index (χ0n) is 15.2. The molecular formula is C18H32N2O3Si. The molecule has 0 saturated heterocycles. The minimum atomic E-state index is -2.46. The zero-order valence-corrected chi connectivity index (χ0v) is 16.2. The van der Waals surface area contributed by atoms with Crippen LogP contribution < -0.4 is 5.73 Å². The summed E-state index contributed by atoms with van der Waals surface area (Å²) in [5, 5.41) is 0. The molecule has 0 radical (unpaired) electrons. The highest BCUT2D eigenvalue weighted by molar-refractivity contribution is 6.60. The van der Waals surface area contributed by atoms with Crippen LogP contribution in [0.25, 0.3) is 6.08 Å². The Morgan fingerprint density at radius 2 is 1.67 bits per heavy atom. The maximum atomic E-state index is 5.74. The average Bonchev–Trinajstić information content (AvgIpc) is 2.63. The molecule has 136 valence electrons. The predicted molar refractivity (Wildman–Crippen MR) is 102 cm³/mol. The van der Waals surface area contributed by atoms with Gasteiger partial charge in [-0.3, -0.25) is 0 Å². The monoisotopic (exact) mass is 352 g/mol. The Labute approximate surface area is 147 Å². The first-order chi connectivity index (χ1) is 11.7. The third kappa shape index (κ3) is 7.70. The van der Waals surface area contributed by atoms with Gasteiger partial charge in [0, 0.05) is 47.0 Å². The summed E-state index contributed by atoms with van der Waals surface area (Å²) in [5.41, 5.74) is 6.97. The van der Waals surface area contributed by atoms with Gasteiger partial charge in [0.05, 0.1) is 0 Å². The number of hydrogen-bond donors (Lipinski definition) is 1. The van der Waals surface area contributed by atoms with Gasteiger partial charge in [0.2, 0.25) is 0 Å². The van der Waals surface area contributed by atoms with Crippen molar-refractivity contribution in [2.45, 2.75) is 18.9 Å². The van der Waals surface area contributed by atoms with E-state index in [2.05, 4.69) is 41.3 Å². The van der Waals surface area contributed by atoms with Gasteiger partial charge < -0.3 is 23.9 Å². The number of rotatable bonds is 13. The van der Waals surface area contributed by atoms with Gasteiger partial charge in [-0.2, -0.15) is 0 Å². The summed E-state index contributed by atoms with van der Waals surface area (Å²) in [6, 6.07) is 11.2. The number of hydrogen-bond acceptors (Lipinski definition) is 5. The van der Waals surface area contributed by atoms with E-state index >= 15 is 0 Å². The predicted octanol–water partition coefficient (Wildman–Crippen LogP) is 2.62. The van der Waals surface area contributed by atoms with Crippen LogP contribution in [0.1, 0.15) is 18.4 Å². The van der Waals surface area contributed by atoms with Crippen molar-refractivity contribution in [1.29, 1.82) is 0 Å². The van der Waals surface area contributed by atoms with Gasteiger partial charge in [-0.15, -0.1) is 0 Å². The van der Waals surface area contributed by atoms with Crippen molar-refractivity contribution < 1.29 is 13.3 Å². The van der Waals surface area contributed by atoms with Crippen LogP contribution in [-0.4, -0.2) is 61.2 Å². The van der Waals surface area contributed by atoms with Gasteiger partial charge in [0.25, 0.3) is 0 Å². The summed E-state index contributed by atoms with van der Waals surface area (Å²) in [5.74, 6) is 0. The summed E-state index contributed by atoms with van der Waals surface area (Å²) in [7, 11) is 2.51. The maximum Gasteiger partial charge on any atom is 0.500 e. The molecule has 1 rings (SSSR count). The second-order valence-corrected chi connectivity index (χ2v) is 8.72. The highest BCUT2D eigenvalue weighted by atomic mass is 28.4. The van der Waals surface area contributed by atoms with E-state index in [4.69, 9.17) is 19.0 Å². The Morgan fingerprint density at radius 3 is 2.25 bits per heavy atom. The molecule has 6 heteroatoms. The molecule has 0 fully saturated rings. The topological polar surface area (TPSA) is 57.0 Å². The van der Waals surface area contributed by atoms with Gasteiger partial charge in [0.15, 0.2) is 0 Å². The van der Waals surface area contributed by atoms with Crippen molar-refractivity contribution >= 4 is 14.9 Å². The fourth-order valence-corrected chi connectivity index (χ4v) is 4.34. The highest BCUT2D eigenvalue weighted by Gasteiger charge is 2.36. The lowest BCUT2D eigenvalue weighted by Gasteiger charge is -2.26. The summed E-state index contributed by atoms with van der Waals surface area (Å²) >= 11 is 0. The molecule has 0 atom stereocenters. The lowest BCUT2D eigenvalue weighted by molar-refractivity contribution is 0.121. The average molecular weight is 353 g/mol. The van der Waals surface area contributed by atoms with Crippen LogP contribution in [0.4, 0.5) is 0 Å². The lowest BCUT2D eigenvalue weighted by atomic mass is 10.2. The molecule has 0 unspecified atom stereocenters. The molecule has 0 spiro atoms. The van der Waals surface area contributed by atoms with Crippen molar-refractivity contribution in [3.05, 3.63) is 42.0 Å². The van der Waals surface area contributed by atoms with E-state index in [0.29, 0.717) is 6.54 Å². The number of benzene rings is 1. The number of nitrogens with two attached hydrogens (primary N) is 1. The second-order valence-electron chi connectivity index (χ2n) is 5.63. The molecule has 0 aromatic heterocycles. The summed E-state index contributed by atoms with van der Waals surface area (Å²) in [6.45, 7) is 3.55. The minimum Gasteiger partial charge on any atom is -0.377 e. The van der Waals surface area contributed by atoms with Gasteiger partial charge >= 0.3 is 8.80 Å². The van der Waals surface area contributed by atoms with Crippen LogP contribution in [0.5, 0.6) is 0 Å². The van der Waals surface area contributed by atoms with E-state index in [1.807, 2.05) is 6.07 Å². The smallest absolute Gasteiger partial charge is 0.377 e. The first kappa shape index (κ1) is 21.0. The van der Waals surface area contributed by atoms with Gasteiger partial charge in [-0.25, -0.2) is 0 Å². The van der Waals surface area contributed by atoms with E-state index in [0.717, 1.165) is 38.5 Å². The molecule has 0 aliphatic carbocycles. The van der Waals surface area contributed by atoms with Crippen LogP contribution in [0.3, 0.4) is 0 Å². The molecule has 0 heterocycles. The summed E-state index contributed by atoms with van der Waals surface area (Å²) < 4.78 is 16.4. The fraction of sp³-hybridized carbons (Fsp3) is 0.556. The maximum absolute atomic E-state index is 5.74. The second kappa shape index (κ2) is 12.4. The van der Waals surface area contributed by atoms with E-state index < -0.39 is 8.80 Å². The zero-order chi connectivity index (χ0) is 17.7. The lowest BCUT2D eigenvalue weighted by Crippen LogP contribution is -2.43. The van der Waals surface area contributed by atoms with Crippen molar-refractivity contribution in [3.8, 4) is 0 Å². The number of nitrogens with zero attached hydrogens (tertiary/aromatic N) is 1. The Bertz CT molecular complexity index is 445. The first-order valence-electron chi connectivity index (χ1n) is 8.49. The van der Waals surface area contributed by atoms with Gasteiger partial charge in [0.1, 0.15) is 0 Å². The third-order valence-electron chi connectivity index (χ3n) is 4.06. The summed E-state index contributed by atoms with van der Waals surface area (Å²) in [4.78, 5) is 2.38. The fourth-order valence-electron chi connectivity index (χ4n) is 2.63. The van der Waals surface area contributed by atoms with Crippen LogP contribution in [0, 0.1) is 0 Å². The molecule has 0 bridgehead atoms. The summed E-state index contributed by atoms with van der Waals surface area (Å²) in [6.07, 6.45) is 6.37. The third-order valence-corrected chi connectivity index (χ3v) is 6.89. The highest BCUT2D eigenvalue weighted by Crippen LogP contribution is 2.15. The molecule has 2 N–H and O–H groups in total. The Balaban J connectivity index is 2.37. The Hall–Kier alpha value is -1.02. The van der Waals surface area contributed by atoms with Crippen molar-refractivity contribution in [2.75, 3.05) is 47.5 Å². The van der Waals surface area contributed by atoms with E-state index in [9.17, 15) is 0 Å². The molecule has 1 aromatic rings. The molecule has 24 heavy (non-hydrogen) atoms. The normalized spacial score (nSPS) is 12.4. The van der Waals surface area contributed by atoms with Crippen LogP contribution in [0.15, 0.2) is 36.4 Å². The van der Waals surface area contributed by atoms with Crippen LogP contribution in [0.2, 0.25) is 6.04 Å². The molecule has 5 nitrogen and oxygen atoms in total. The van der Waals surface area contributed by atoms with Crippen LogP contribution in [-0.2, 0) is 13.3 Å². The molecule has 0 aliphatic rings. The SMILES string of the molecule is CO[Si](CCCN(CCN)CCC=Cc1ccccc1)(OC)OC. The van der Waals surface area contributed by atoms with Gasteiger partial charge in [-0.1, -0.05) is 42.5 Å². The molecule has 1 aromatic carbocycles. The largest absolute Gasteiger partial charge is 0.500 e. The standard InChI is InChI=1S/C18H32N2O3Si/c1-21-24(22-2,23-3)17-9-15-20(16-13-19)14-8-7-12-18-10-5-4-6-11-18/h4-7,10-12H,8-9,13-17,19H2,1-3H3. The van der Waals surface area contributed by atoms with Crippen molar-refractivity contribution in [2.24, 2.45) is 5.73 Å². The van der Waals surface area contributed by atoms with Crippen molar-refractivity contribution in [1.82, 2.24) is 4.90 Å². The Kier molecular flexibility index (Phi) is 10.8. The molecule has 0 aliphatic heterocycles. The van der Waals surface area contributed by atoms with E-state index in [1.54, 1.807) is 21.3 Å². The minimum absolute atomic E-state index is 0.670. The van der Waals surface area contributed by atoms with Crippen LogP contribution >= 0.6 is 0 Å². The Morgan fingerprint density at radius 1 is 1.00 bits per heavy atom. The molecular weight excluding hydrogens is 320 g/mol. The van der Waals surface area contributed by atoms with Gasteiger partial charge in [-0.05, 0) is 24.9 Å². The molecule has 0 amide bonds. The quantitative estimate of drug-likeness (QED) is 0.553.